The van der Waals surface area contributed by atoms with Gasteiger partial charge < -0.3 is 5.32 Å². The number of fused-ring (bicyclic) bond motifs is 3. The molecule has 4 rings (SSSR count). The Bertz CT molecular complexity index is 636. The van der Waals surface area contributed by atoms with Gasteiger partial charge in [0, 0.05) is 18.9 Å². The molecule has 1 fully saturated rings. The molecule has 2 aromatic rings. The molecule has 3 unspecified atom stereocenters. The maximum atomic E-state index is 4.49. The number of aromatic nitrogens is 2. The minimum absolute atomic E-state index is 0.638. The number of likely N-dealkylation sites (N-methyl/N-ethyl adjacent to an activating group) is 1. The van der Waals surface area contributed by atoms with Crippen molar-refractivity contribution in [1.29, 1.82) is 0 Å². The van der Waals surface area contributed by atoms with Crippen LogP contribution in [0.15, 0.2) is 24.3 Å². The van der Waals surface area contributed by atoms with Crippen molar-refractivity contribution in [2.24, 2.45) is 5.92 Å². The number of rotatable bonds is 5. The van der Waals surface area contributed by atoms with Crippen LogP contribution in [0.4, 0.5) is 0 Å². The fourth-order valence-corrected chi connectivity index (χ4v) is 4.84. The van der Waals surface area contributed by atoms with Gasteiger partial charge in [-0.1, -0.05) is 31.2 Å². The van der Waals surface area contributed by atoms with Crippen molar-refractivity contribution in [2.45, 2.75) is 38.0 Å². The molecule has 2 aliphatic carbocycles. The molecule has 4 heteroatoms. The third kappa shape index (κ3) is 2.40. The molecular weight excluding hydrogens is 278 g/mol. The Morgan fingerprint density at radius 3 is 3.05 bits per heavy atom. The first-order valence-corrected chi connectivity index (χ1v) is 8.81. The minimum atomic E-state index is 0.638. The molecule has 0 spiro atoms. The Balaban J connectivity index is 1.50. The molecule has 1 aromatic heterocycles. The Hall–Kier alpha value is -1.26. The van der Waals surface area contributed by atoms with E-state index in [1.54, 1.807) is 11.1 Å². The minimum Gasteiger partial charge on any atom is -0.317 e. The monoisotopic (exact) mass is 299 g/mol. The molecule has 1 aromatic carbocycles. The van der Waals surface area contributed by atoms with Crippen molar-refractivity contribution in [3.63, 3.8) is 0 Å². The molecule has 110 valence electrons. The average Bonchev–Trinajstić information content (AvgIpc) is 3.09. The summed E-state index contributed by atoms with van der Waals surface area (Å²) >= 11 is 1.83. The summed E-state index contributed by atoms with van der Waals surface area (Å²) in [5.41, 5.74) is 3.13. The van der Waals surface area contributed by atoms with E-state index in [1.807, 2.05) is 11.3 Å². The molecular formula is C17H21N3S. The average molecular weight is 299 g/mol. The summed E-state index contributed by atoms with van der Waals surface area (Å²) in [6, 6.07) is 8.96. The van der Waals surface area contributed by atoms with Gasteiger partial charge in [-0.2, -0.15) is 0 Å². The molecule has 21 heavy (non-hydrogen) atoms. The van der Waals surface area contributed by atoms with E-state index in [0.29, 0.717) is 11.8 Å². The van der Waals surface area contributed by atoms with Gasteiger partial charge in [0.05, 0.1) is 0 Å². The fourth-order valence-electron chi connectivity index (χ4n) is 3.78. The second-order valence-electron chi connectivity index (χ2n) is 6.09. The standard InChI is InChI=1S/C17H21N3S/c1-2-18-10-9-14-19-20-17(21-14)16-13-8-7-11-5-3-4-6-12(11)15(13)16/h3-6,13,15-16,18H,2,7-10H2,1H3. The summed E-state index contributed by atoms with van der Waals surface area (Å²) in [6.07, 6.45) is 3.56. The van der Waals surface area contributed by atoms with Gasteiger partial charge in [-0.25, -0.2) is 0 Å². The topological polar surface area (TPSA) is 37.8 Å². The van der Waals surface area contributed by atoms with Crippen LogP contribution in [0.25, 0.3) is 0 Å². The van der Waals surface area contributed by atoms with Crippen molar-refractivity contribution >= 4 is 11.3 Å². The van der Waals surface area contributed by atoms with E-state index in [-0.39, 0.29) is 0 Å². The van der Waals surface area contributed by atoms with Crippen LogP contribution < -0.4 is 5.32 Å². The van der Waals surface area contributed by atoms with E-state index in [1.165, 1.54) is 22.9 Å². The maximum absolute atomic E-state index is 4.49. The van der Waals surface area contributed by atoms with Gasteiger partial charge in [-0.05, 0) is 42.3 Å². The van der Waals surface area contributed by atoms with E-state index in [9.17, 15) is 0 Å². The molecule has 2 aliphatic rings. The molecule has 3 atom stereocenters. The van der Waals surface area contributed by atoms with Crippen LogP contribution in [0.2, 0.25) is 0 Å². The summed E-state index contributed by atoms with van der Waals surface area (Å²) in [6.45, 7) is 4.17. The summed E-state index contributed by atoms with van der Waals surface area (Å²) < 4.78 is 0. The van der Waals surface area contributed by atoms with E-state index in [4.69, 9.17) is 0 Å². The molecule has 0 aliphatic heterocycles. The summed E-state index contributed by atoms with van der Waals surface area (Å²) in [5, 5.41) is 14.7. The third-order valence-corrected chi connectivity index (χ3v) is 5.95. The first-order chi connectivity index (χ1) is 10.4. The summed E-state index contributed by atoms with van der Waals surface area (Å²) in [5.74, 6) is 2.16. The summed E-state index contributed by atoms with van der Waals surface area (Å²) in [7, 11) is 0. The van der Waals surface area contributed by atoms with Crippen LogP contribution in [-0.4, -0.2) is 23.3 Å². The van der Waals surface area contributed by atoms with Crippen LogP contribution in [-0.2, 0) is 12.8 Å². The number of benzene rings is 1. The van der Waals surface area contributed by atoms with Crippen LogP contribution >= 0.6 is 11.3 Å². The van der Waals surface area contributed by atoms with Crippen LogP contribution in [0.5, 0.6) is 0 Å². The van der Waals surface area contributed by atoms with Crippen molar-refractivity contribution in [2.75, 3.05) is 13.1 Å². The van der Waals surface area contributed by atoms with Gasteiger partial charge in [-0.3, -0.25) is 0 Å². The largest absolute Gasteiger partial charge is 0.317 e. The van der Waals surface area contributed by atoms with Crippen LogP contribution in [0, 0.1) is 5.92 Å². The zero-order chi connectivity index (χ0) is 14.2. The Kier molecular flexibility index (Phi) is 3.51. The number of hydrogen-bond donors (Lipinski definition) is 1. The smallest absolute Gasteiger partial charge is 0.121 e. The Labute approximate surface area is 129 Å². The highest BCUT2D eigenvalue weighted by Gasteiger charge is 2.55. The lowest BCUT2D eigenvalue weighted by molar-refractivity contribution is 0.658. The van der Waals surface area contributed by atoms with Crippen molar-refractivity contribution in [3.05, 3.63) is 45.4 Å². The molecule has 0 amide bonds. The van der Waals surface area contributed by atoms with Gasteiger partial charge in [0.15, 0.2) is 0 Å². The van der Waals surface area contributed by atoms with E-state index in [0.717, 1.165) is 25.4 Å². The molecule has 1 heterocycles. The lowest BCUT2D eigenvalue weighted by atomic mass is 9.92. The van der Waals surface area contributed by atoms with Gasteiger partial charge in [0.1, 0.15) is 10.0 Å². The number of hydrogen-bond acceptors (Lipinski definition) is 4. The van der Waals surface area contributed by atoms with Gasteiger partial charge in [-0.15, -0.1) is 21.5 Å². The van der Waals surface area contributed by atoms with Crippen molar-refractivity contribution in [3.8, 4) is 0 Å². The number of nitrogens with one attached hydrogen (secondary N) is 1. The zero-order valence-electron chi connectivity index (χ0n) is 12.4. The lowest BCUT2D eigenvalue weighted by Gasteiger charge is -2.13. The highest BCUT2D eigenvalue weighted by molar-refractivity contribution is 7.11. The summed E-state index contributed by atoms with van der Waals surface area (Å²) in [4.78, 5) is 0. The predicted octanol–water partition coefficient (Wildman–Crippen LogP) is 3.13. The normalized spacial score (nSPS) is 26.2. The van der Waals surface area contributed by atoms with E-state index >= 15 is 0 Å². The molecule has 1 saturated carbocycles. The zero-order valence-corrected chi connectivity index (χ0v) is 13.2. The number of aryl methyl sites for hydroxylation is 1. The van der Waals surface area contributed by atoms with Gasteiger partial charge >= 0.3 is 0 Å². The van der Waals surface area contributed by atoms with E-state index in [2.05, 4.69) is 46.7 Å². The first kappa shape index (κ1) is 13.4. The highest BCUT2D eigenvalue weighted by Crippen LogP contribution is 2.65. The van der Waals surface area contributed by atoms with Gasteiger partial charge in [0.25, 0.3) is 0 Å². The number of nitrogens with zero attached hydrogens (tertiary/aromatic N) is 2. The van der Waals surface area contributed by atoms with Crippen LogP contribution in [0.1, 0.15) is 46.3 Å². The van der Waals surface area contributed by atoms with Crippen LogP contribution in [0.3, 0.4) is 0 Å². The second kappa shape index (κ2) is 5.50. The van der Waals surface area contributed by atoms with Crippen molar-refractivity contribution in [1.82, 2.24) is 15.5 Å². The molecule has 0 radical (unpaired) electrons. The van der Waals surface area contributed by atoms with Gasteiger partial charge in [0.2, 0.25) is 0 Å². The SMILES string of the molecule is CCNCCc1nnc(C2C3CCc4ccccc4C32)s1. The molecule has 3 nitrogen and oxygen atoms in total. The predicted molar refractivity (Wildman–Crippen MR) is 85.9 cm³/mol. The quantitative estimate of drug-likeness (QED) is 0.862. The molecule has 0 saturated heterocycles. The third-order valence-electron chi connectivity index (χ3n) is 4.86. The fraction of sp³-hybridized carbons (Fsp3) is 0.529. The molecule has 1 N–H and O–H groups in total. The Morgan fingerprint density at radius 1 is 1.24 bits per heavy atom. The maximum Gasteiger partial charge on any atom is 0.121 e. The van der Waals surface area contributed by atoms with E-state index < -0.39 is 0 Å². The lowest BCUT2D eigenvalue weighted by Crippen LogP contribution is -2.15. The first-order valence-electron chi connectivity index (χ1n) is 7.99. The second-order valence-corrected chi connectivity index (χ2v) is 7.18. The van der Waals surface area contributed by atoms with Crippen molar-refractivity contribution < 1.29 is 0 Å². The Morgan fingerprint density at radius 2 is 2.14 bits per heavy atom. The molecule has 0 bridgehead atoms. The highest BCUT2D eigenvalue weighted by atomic mass is 32.1.